The normalized spacial score (nSPS) is 14.6. The van der Waals surface area contributed by atoms with Crippen LogP contribution in [-0.4, -0.2) is 53.0 Å². The van der Waals surface area contributed by atoms with E-state index in [0.717, 1.165) is 21.1 Å². The molecule has 1 unspecified atom stereocenters. The molecular weight excluding hydrogens is 622 g/mol. The fourth-order valence-electron chi connectivity index (χ4n) is 5.43. The standard InChI is InChI=1S/C38H37N5O6/c39-26-33(30-16-10-19-32(25-30)49-31-17-8-3-9-18-31)41-37(46)34-20-11-23-42(38(47)48-27-29-14-6-2-7-15-29)43(34)36(45)21-22-40-35(44)24-28-12-4-1-5-13-28/h1-10,12-19,25,33-34H,11,20-24,27H2,(H,40,44)(H,41,46)/t33?,34-/m0/s1. The molecule has 0 spiro atoms. The molecule has 4 aromatic rings. The monoisotopic (exact) mass is 659 g/mol. The van der Waals surface area contributed by atoms with Crippen LogP contribution in [0.2, 0.25) is 0 Å². The lowest BCUT2D eigenvalue weighted by Gasteiger charge is -2.42. The number of benzene rings is 4. The van der Waals surface area contributed by atoms with E-state index >= 15 is 0 Å². The Kier molecular flexibility index (Phi) is 12.0. The Balaban J connectivity index is 1.29. The Morgan fingerprint density at radius 3 is 2.18 bits per heavy atom. The van der Waals surface area contributed by atoms with Gasteiger partial charge in [0.05, 0.1) is 12.5 Å². The van der Waals surface area contributed by atoms with Gasteiger partial charge in [0.25, 0.3) is 0 Å². The Labute approximate surface area is 285 Å². The lowest BCUT2D eigenvalue weighted by atomic mass is 10.0. The van der Waals surface area contributed by atoms with Crippen molar-refractivity contribution in [1.29, 1.82) is 5.26 Å². The predicted octanol–water partition coefficient (Wildman–Crippen LogP) is 5.45. The number of carbonyl (C=O) groups is 4. The van der Waals surface area contributed by atoms with E-state index < -0.39 is 30.0 Å². The van der Waals surface area contributed by atoms with Crippen molar-refractivity contribution in [3.05, 3.63) is 132 Å². The van der Waals surface area contributed by atoms with Crippen molar-refractivity contribution in [3.63, 3.8) is 0 Å². The summed E-state index contributed by atoms with van der Waals surface area (Å²) in [7, 11) is 0. The summed E-state index contributed by atoms with van der Waals surface area (Å²) in [6.07, 6.45) is -0.156. The van der Waals surface area contributed by atoms with Gasteiger partial charge in [0.1, 0.15) is 30.2 Å². The number of carbonyl (C=O) groups excluding carboxylic acids is 4. The smallest absolute Gasteiger partial charge is 0.429 e. The molecule has 1 aliphatic heterocycles. The average Bonchev–Trinajstić information content (AvgIpc) is 3.13. The third-order valence-electron chi connectivity index (χ3n) is 7.83. The Morgan fingerprint density at radius 1 is 0.837 bits per heavy atom. The summed E-state index contributed by atoms with van der Waals surface area (Å²) in [5.41, 5.74) is 2.07. The summed E-state index contributed by atoms with van der Waals surface area (Å²) in [6, 6.07) is 34.2. The number of nitriles is 1. The second kappa shape index (κ2) is 17.1. The van der Waals surface area contributed by atoms with Gasteiger partial charge in [-0.25, -0.2) is 14.8 Å². The second-order valence-corrected chi connectivity index (χ2v) is 11.4. The van der Waals surface area contributed by atoms with Crippen LogP contribution in [0.3, 0.4) is 0 Å². The predicted molar refractivity (Wildman–Crippen MR) is 180 cm³/mol. The van der Waals surface area contributed by atoms with Crippen LogP contribution >= 0.6 is 0 Å². The molecule has 1 aliphatic rings. The van der Waals surface area contributed by atoms with Crippen LogP contribution in [0, 0.1) is 11.3 Å². The SMILES string of the molecule is N#CC(NC(=O)[C@@H]1CCCN(C(=O)OCc2ccccc2)N1C(=O)CCNC(=O)Cc1ccccc1)c1cccc(Oc2ccccc2)c1. The molecule has 0 bridgehead atoms. The zero-order chi connectivity index (χ0) is 34.4. The molecule has 2 atom stereocenters. The molecular formula is C38H37N5O6. The highest BCUT2D eigenvalue weighted by molar-refractivity contribution is 5.90. The molecule has 11 heteroatoms. The van der Waals surface area contributed by atoms with Crippen molar-refractivity contribution in [3.8, 4) is 17.6 Å². The summed E-state index contributed by atoms with van der Waals surface area (Å²) in [4.78, 5) is 53.5. The van der Waals surface area contributed by atoms with Crippen molar-refractivity contribution in [1.82, 2.24) is 20.7 Å². The third-order valence-corrected chi connectivity index (χ3v) is 7.83. The average molecular weight is 660 g/mol. The Hall–Kier alpha value is -6.15. The first-order valence-corrected chi connectivity index (χ1v) is 16.0. The Morgan fingerprint density at radius 2 is 1.49 bits per heavy atom. The number of nitrogens with one attached hydrogen (secondary N) is 2. The van der Waals surface area contributed by atoms with E-state index in [2.05, 4.69) is 16.7 Å². The van der Waals surface area contributed by atoms with Gasteiger partial charge in [-0.3, -0.25) is 14.4 Å². The highest BCUT2D eigenvalue weighted by Crippen LogP contribution is 2.26. The van der Waals surface area contributed by atoms with Crippen LogP contribution in [-0.2, 0) is 32.1 Å². The fraction of sp³-hybridized carbons (Fsp3) is 0.237. The summed E-state index contributed by atoms with van der Waals surface area (Å²) in [5.74, 6) is -0.328. The molecule has 1 heterocycles. The molecule has 1 fully saturated rings. The number of rotatable bonds is 12. The van der Waals surface area contributed by atoms with Gasteiger partial charge in [-0.2, -0.15) is 5.26 Å². The first-order chi connectivity index (χ1) is 23.9. The number of hydrogen-bond acceptors (Lipinski definition) is 7. The molecule has 4 amide bonds. The lowest BCUT2D eigenvalue weighted by Crippen LogP contribution is -2.62. The summed E-state index contributed by atoms with van der Waals surface area (Å²) in [6.45, 7) is 0.115. The van der Waals surface area contributed by atoms with E-state index in [0.29, 0.717) is 23.5 Å². The first-order valence-electron chi connectivity index (χ1n) is 16.0. The molecule has 0 aromatic heterocycles. The molecule has 250 valence electrons. The van der Waals surface area contributed by atoms with E-state index in [1.807, 2.05) is 78.9 Å². The Bertz CT molecular complexity index is 1760. The van der Waals surface area contributed by atoms with Gasteiger partial charge in [0, 0.05) is 19.5 Å². The van der Waals surface area contributed by atoms with E-state index in [4.69, 9.17) is 9.47 Å². The minimum atomic E-state index is -1.11. The maximum Gasteiger partial charge on any atom is 0.429 e. The topological polar surface area (TPSA) is 141 Å². The zero-order valence-electron chi connectivity index (χ0n) is 26.9. The largest absolute Gasteiger partial charge is 0.457 e. The van der Waals surface area contributed by atoms with Crippen molar-refractivity contribution in [2.45, 2.75) is 44.4 Å². The van der Waals surface area contributed by atoms with E-state index in [1.54, 1.807) is 36.4 Å². The molecule has 0 radical (unpaired) electrons. The summed E-state index contributed by atoms with van der Waals surface area (Å²) >= 11 is 0. The van der Waals surface area contributed by atoms with Gasteiger partial charge in [-0.15, -0.1) is 0 Å². The van der Waals surface area contributed by atoms with Gasteiger partial charge in [0.15, 0.2) is 0 Å². The minimum Gasteiger partial charge on any atom is -0.457 e. The summed E-state index contributed by atoms with van der Waals surface area (Å²) < 4.78 is 11.4. The summed E-state index contributed by atoms with van der Waals surface area (Å²) in [5, 5.41) is 17.8. The number of para-hydroxylation sites is 1. The van der Waals surface area contributed by atoms with Gasteiger partial charge < -0.3 is 20.1 Å². The molecule has 4 aromatic carbocycles. The highest BCUT2D eigenvalue weighted by Gasteiger charge is 2.40. The van der Waals surface area contributed by atoms with Crippen LogP contribution in [0.1, 0.15) is 42.0 Å². The molecule has 11 nitrogen and oxygen atoms in total. The van der Waals surface area contributed by atoms with Crippen LogP contribution in [0.4, 0.5) is 4.79 Å². The van der Waals surface area contributed by atoms with Gasteiger partial charge in [-0.05, 0) is 53.8 Å². The number of amides is 4. The molecule has 0 saturated carbocycles. The maximum absolute atomic E-state index is 13.8. The zero-order valence-corrected chi connectivity index (χ0v) is 26.9. The van der Waals surface area contributed by atoms with Crippen LogP contribution in [0.25, 0.3) is 0 Å². The molecule has 0 aliphatic carbocycles. The van der Waals surface area contributed by atoms with Crippen LogP contribution in [0.5, 0.6) is 11.5 Å². The van der Waals surface area contributed by atoms with Crippen molar-refractivity contribution < 1.29 is 28.7 Å². The number of nitrogens with zero attached hydrogens (tertiary/aromatic N) is 3. The number of hydrazine groups is 1. The number of ether oxygens (including phenoxy) is 2. The van der Waals surface area contributed by atoms with Crippen LogP contribution in [0.15, 0.2) is 115 Å². The number of hydrogen-bond donors (Lipinski definition) is 2. The van der Waals surface area contributed by atoms with Gasteiger partial charge in [-0.1, -0.05) is 91.0 Å². The van der Waals surface area contributed by atoms with Crippen LogP contribution < -0.4 is 15.4 Å². The lowest BCUT2D eigenvalue weighted by molar-refractivity contribution is -0.163. The van der Waals surface area contributed by atoms with Crippen molar-refractivity contribution in [2.75, 3.05) is 13.1 Å². The quantitative estimate of drug-likeness (QED) is 0.206. The van der Waals surface area contributed by atoms with E-state index in [9.17, 15) is 24.4 Å². The molecule has 5 rings (SSSR count). The third kappa shape index (κ3) is 9.68. The molecule has 49 heavy (non-hydrogen) atoms. The molecule has 2 N–H and O–H groups in total. The maximum atomic E-state index is 13.8. The molecule has 1 saturated heterocycles. The first kappa shape index (κ1) is 34.2. The fourth-order valence-corrected chi connectivity index (χ4v) is 5.43. The van der Waals surface area contributed by atoms with Crippen molar-refractivity contribution >= 4 is 23.8 Å². The van der Waals surface area contributed by atoms with E-state index in [1.165, 1.54) is 0 Å². The van der Waals surface area contributed by atoms with Gasteiger partial charge >= 0.3 is 6.09 Å². The minimum absolute atomic E-state index is 0.00271. The van der Waals surface area contributed by atoms with E-state index in [-0.39, 0.29) is 44.9 Å². The second-order valence-electron chi connectivity index (χ2n) is 11.4. The van der Waals surface area contributed by atoms with Gasteiger partial charge in [0.2, 0.25) is 17.7 Å². The van der Waals surface area contributed by atoms with Crippen molar-refractivity contribution in [2.24, 2.45) is 0 Å². The highest BCUT2D eigenvalue weighted by atomic mass is 16.6.